The van der Waals surface area contributed by atoms with Gasteiger partial charge in [-0.3, -0.25) is 4.79 Å². The van der Waals surface area contributed by atoms with Gasteiger partial charge in [0, 0.05) is 36.8 Å². The van der Waals surface area contributed by atoms with Gasteiger partial charge in [0.25, 0.3) is 0 Å². The van der Waals surface area contributed by atoms with Crippen molar-refractivity contribution in [2.45, 2.75) is 57.9 Å². The zero-order chi connectivity index (χ0) is 18.4. The summed E-state index contributed by atoms with van der Waals surface area (Å²) in [5.74, 6) is 1.79. The fourth-order valence-electron chi connectivity index (χ4n) is 3.27. The zero-order valence-corrected chi connectivity index (χ0v) is 16.4. The van der Waals surface area contributed by atoms with Crippen LogP contribution in [-0.4, -0.2) is 27.2 Å². The number of carbonyl (C=O) groups excluding carboxylic acids is 1. The molecular weight excluding hydrogens is 399 g/mol. The van der Waals surface area contributed by atoms with E-state index in [-0.39, 0.29) is 11.7 Å². The third-order valence-corrected chi connectivity index (χ3v) is 5.22. The first-order valence-corrected chi connectivity index (χ1v) is 10.0. The van der Waals surface area contributed by atoms with Crippen molar-refractivity contribution in [3.05, 3.63) is 45.7 Å². The van der Waals surface area contributed by atoms with Gasteiger partial charge in [0.15, 0.2) is 0 Å². The van der Waals surface area contributed by atoms with Crippen molar-refractivity contribution in [2.75, 3.05) is 6.54 Å². The average molecular weight is 423 g/mol. The van der Waals surface area contributed by atoms with E-state index in [2.05, 4.69) is 36.0 Å². The molecule has 0 unspecified atom stereocenters. The Morgan fingerprint density at radius 1 is 1.23 bits per heavy atom. The van der Waals surface area contributed by atoms with E-state index >= 15 is 0 Å². The Balaban J connectivity index is 1.38. The standard InChI is InChI=1S/C19H24BrFN4O/c20-15-9-7-14(16(21)13-15)8-10-19(26)22-11-4-6-18-24-23-17-5-2-1-3-12-25(17)18/h7,9,13H,1-6,8,10-12H2,(H,22,26). The van der Waals surface area contributed by atoms with Gasteiger partial charge in [-0.25, -0.2) is 4.39 Å². The van der Waals surface area contributed by atoms with Crippen molar-refractivity contribution < 1.29 is 9.18 Å². The molecule has 2 heterocycles. The van der Waals surface area contributed by atoms with Crippen LogP contribution in [0.4, 0.5) is 4.39 Å². The summed E-state index contributed by atoms with van der Waals surface area (Å²) in [7, 11) is 0. The van der Waals surface area contributed by atoms with Gasteiger partial charge in [-0.2, -0.15) is 0 Å². The number of carbonyl (C=O) groups is 1. The van der Waals surface area contributed by atoms with Gasteiger partial charge in [-0.15, -0.1) is 10.2 Å². The molecule has 0 radical (unpaired) electrons. The number of rotatable bonds is 7. The van der Waals surface area contributed by atoms with Crippen LogP contribution in [0.5, 0.6) is 0 Å². The first-order valence-electron chi connectivity index (χ1n) is 9.25. The highest BCUT2D eigenvalue weighted by Crippen LogP contribution is 2.17. The first kappa shape index (κ1) is 19.0. The molecule has 0 saturated carbocycles. The number of benzene rings is 1. The van der Waals surface area contributed by atoms with Crippen molar-refractivity contribution >= 4 is 21.8 Å². The number of halogens is 2. The molecule has 1 aliphatic heterocycles. The van der Waals surface area contributed by atoms with Crippen LogP contribution < -0.4 is 5.32 Å². The maximum absolute atomic E-state index is 13.8. The first-order chi connectivity index (χ1) is 12.6. The lowest BCUT2D eigenvalue weighted by molar-refractivity contribution is -0.121. The number of aromatic nitrogens is 3. The highest BCUT2D eigenvalue weighted by Gasteiger charge is 2.14. The summed E-state index contributed by atoms with van der Waals surface area (Å²) < 4.78 is 16.7. The van der Waals surface area contributed by atoms with Crippen molar-refractivity contribution in [3.8, 4) is 0 Å². The van der Waals surface area contributed by atoms with Crippen LogP contribution in [0.2, 0.25) is 0 Å². The summed E-state index contributed by atoms with van der Waals surface area (Å²) in [6.45, 7) is 1.60. The predicted octanol–water partition coefficient (Wildman–Crippen LogP) is 3.59. The predicted molar refractivity (Wildman–Crippen MR) is 101 cm³/mol. The molecule has 2 aromatic rings. The van der Waals surface area contributed by atoms with E-state index in [1.807, 2.05) is 0 Å². The number of fused-ring (bicyclic) bond motifs is 1. The summed E-state index contributed by atoms with van der Waals surface area (Å²) >= 11 is 3.23. The summed E-state index contributed by atoms with van der Waals surface area (Å²) in [4.78, 5) is 12.0. The maximum Gasteiger partial charge on any atom is 0.220 e. The molecule has 1 aliphatic rings. The average Bonchev–Trinajstić information content (AvgIpc) is 2.84. The number of nitrogens with one attached hydrogen (secondary N) is 1. The molecular formula is C19H24BrFN4O. The third kappa shape index (κ3) is 5.13. The van der Waals surface area contributed by atoms with E-state index in [0.717, 1.165) is 37.5 Å². The minimum absolute atomic E-state index is 0.0487. The Hall–Kier alpha value is -1.76. The number of nitrogens with zero attached hydrogens (tertiary/aromatic N) is 3. The van der Waals surface area contributed by atoms with Crippen LogP contribution >= 0.6 is 15.9 Å². The largest absolute Gasteiger partial charge is 0.356 e. The van der Waals surface area contributed by atoms with Crippen LogP contribution in [0, 0.1) is 5.82 Å². The second-order valence-electron chi connectivity index (χ2n) is 6.68. The Kier molecular flexibility index (Phi) is 6.77. The van der Waals surface area contributed by atoms with E-state index < -0.39 is 0 Å². The van der Waals surface area contributed by atoms with Gasteiger partial charge in [-0.1, -0.05) is 28.4 Å². The van der Waals surface area contributed by atoms with Gasteiger partial charge >= 0.3 is 0 Å². The Bertz CT molecular complexity index is 762. The third-order valence-electron chi connectivity index (χ3n) is 4.72. The monoisotopic (exact) mass is 422 g/mol. The van der Waals surface area contributed by atoms with Gasteiger partial charge < -0.3 is 9.88 Å². The molecule has 1 amide bonds. The normalized spacial score (nSPS) is 13.9. The minimum atomic E-state index is -0.278. The summed E-state index contributed by atoms with van der Waals surface area (Å²) in [6.07, 6.45) is 6.97. The fraction of sp³-hybridized carbons (Fsp3) is 0.526. The number of hydrogen-bond donors (Lipinski definition) is 1. The number of hydrogen-bond acceptors (Lipinski definition) is 3. The molecule has 26 heavy (non-hydrogen) atoms. The molecule has 3 rings (SSSR count). The molecule has 0 spiro atoms. The second-order valence-corrected chi connectivity index (χ2v) is 7.60. The molecule has 0 fully saturated rings. The van der Waals surface area contributed by atoms with E-state index in [4.69, 9.17) is 0 Å². The van der Waals surface area contributed by atoms with Gasteiger partial charge in [0.2, 0.25) is 5.91 Å². The molecule has 0 aliphatic carbocycles. The van der Waals surface area contributed by atoms with E-state index in [1.54, 1.807) is 12.1 Å². The van der Waals surface area contributed by atoms with Crippen LogP contribution in [0.25, 0.3) is 0 Å². The number of amides is 1. The molecule has 0 saturated heterocycles. The summed E-state index contributed by atoms with van der Waals surface area (Å²) in [5.41, 5.74) is 0.564. The zero-order valence-electron chi connectivity index (χ0n) is 14.8. The van der Waals surface area contributed by atoms with Crippen LogP contribution in [-0.2, 0) is 30.6 Å². The SMILES string of the molecule is O=C(CCc1ccc(Br)cc1F)NCCCc1nnc2n1CCCCC2. The lowest BCUT2D eigenvalue weighted by Crippen LogP contribution is -2.25. The lowest BCUT2D eigenvalue weighted by Gasteiger charge is -2.08. The number of aryl methyl sites for hydroxylation is 3. The maximum atomic E-state index is 13.8. The molecule has 0 atom stereocenters. The molecule has 5 nitrogen and oxygen atoms in total. The van der Waals surface area contributed by atoms with Crippen molar-refractivity contribution in [3.63, 3.8) is 0 Å². The Morgan fingerprint density at radius 2 is 2.12 bits per heavy atom. The fourth-order valence-corrected chi connectivity index (χ4v) is 3.60. The van der Waals surface area contributed by atoms with Gasteiger partial charge in [-0.05, 0) is 43.4 Å². The molecule has 1 aromatic heterocycles. The second kappa shape index (κ2) is 9.26. The quantitative estimate of drug-likeness (QED) is 0.693. The van der Waals surface area contributed by atoms with E-state index in [0.29, 0.717) is 29.4 Å². The van der Waals surface area contributed by atoms with Crippen molar-refractivity contribution in [2.24, 2.45) is 0 Å². The highest BCUT2D eigenvalue weighted by molar-refractivity contribution is 9.10. The topological polar surface area (TPSA) is 59.8 Å². The van der Waals surface area contributed by atoms with E-state index in [9.17, 15) is 9.18 Å². The van der Waals surface area contributed by atoms with Gasteiger partial charge in [0.05, 0.1) is 0 Å². The van der Waals surface area contributed by atoms with Crippen LogP contribution in [0.3, 0.4) is 0 Å². The lowest BCUT2D eigenvalue weighted by atomic mass is 10.1. The summed E-state index contributed by atoms with van der Waals surface area (Å²) in [6, 6.07) is 4.93. The van der Waals surface area contributed by atoms with Crippen molar-refractivity contribution in [1.82, 2.24) is 20.1 Å². The van der Waals surface area contributed by atoms with Gasteiger partial charge in [0.1, 0.15) is 17.5 Å². The van der Waals surface area contributed by atoms with E-state index in [1.165, 1.54) is 25.3 Å². The molecule has 7 heteroatoms. The Labute approximate surface area is 161 Å². The van der Waals surface area contributed by atoms with Crippen molar-refractivity contribution in [1.29, 1.82) is 0 Å². The smallest absolute Gasteiger partial charge is 0.220 e. The molecule has 140 valence electrons. The highest BCUT2D eigenvalue weighted by atomic mass is 79.9. The van der Waals surface area contributed by atoms with Crippen LogP contribution in [0.1, 0.15) is 49.3 Å². The molecule has 1 aromatic carbocycles. The molecule has 1 N–H and O–H groups in total. The molecule has 0 bridgehead atoms. The Morgan fingerprint density at radius 3 is 2.96 bits per heavy atom. The summed E-state index contributed by atoms with van der Waals surface area (Å²) in [5, 5.41) is 11.5. The van der Waals surface area contributed by atoms with Crippen LogP contribution in [0.15, 0.2) is 22.7 Å². The minimum Gasteiger partial charge on any atom is -0.356 e.